The zero-order valence-corrected chi connectivity index (χ0v) is 25.0. The Balaban J connectivity index is 1.24. The molecule has 0 fully saturated rings. The molecule has 0 saturated heterocycles. The van der Waals surface area contributed by atoms with Crippen LogP contribution in [-0.4, -0.2) is 13.8 Å². The summed E-state index contributed by atoms with van der Waals surface area (Å²) in [4.78, 5) is 0. The first-order valence-electron chi connectivity index (χ1n) is 15.3. The Hall–Kier alpha value is -5.12. The molecule has 9 rings (SSSR count). The second-order valence-corrected chi connectivity index (χ2v) is 12.7. The Morgan fingerprint density at radius 3 is 2.16 bits per heavy atom. The molecule has 0 bridgehead atoms. The summed E-state index contributed by atoms with van der Waals surface area (Å²) in [7, 11) is 0.927. The van der Waals surface area contributed by atoms with Gasteiger partial charge in [0.15, 0.2) is 7.28 Å². The summed E-state index contributed by atoms with van der Waals surface area (Å²) < 4.78 is 1.35. The van der Waals surface area contributed by atoms with Gasteiger partial charge in [-0.2, -0.15) is 0 Å². The molecule has 6 aromatic carbocycles. The van der Waals surface area contributed by atoms with Crippen LogP contribution in [0.2, 0.25) is 0 Å². The molecule has 7 aromatic rings. The number of nitrogens with one attached hydrogen (secondary N) is 1. The van der Waals surface area contributed by atoms with Crippen LogP contribution in [0.15, 0.2) is 139 Å². The second kappa shape index (κ2) is 10.3. The maximum Gasteiger partial charge on any atom is 0.193 e. The summed E-state index contributed by atoms with van der Waals surface area (Å²) in [6.45, 7) is 0.833. The third-order valence-electron chi connectivity index (χ3n) is 9.21. The van der Waals surface area contributed by atoms with E-state index in [-0.39, 0.29) is 0 Å². The molecule has 1 aromatic heterocycles. The average molecular weight is 578 g/mol. The maximum absolute atomic E-state index is 3.67. The van der Waals surface area contributed by atoms with Crippen molar-refractivity contribution in [3.63, 3.8) is 0 Å². The first-order chi connectivity index (χ1) is 21.8. The van der Waals surface area contributed by atoms with E-state index in [2.05, 4.69) is 150 Å². The lowest BCUT2D eigenvalue weighted by atomic mass is 9.61. The Labute approximate surface area is 261 Å². The van der Waals surface area contributed by atoms with Crippen LogP contribution in [-0.2, 0) is 0 Å². The molecule has 0 unspecified atom stereocenters. The van der Waals surface area contributed by atoms with Crippen molar-refractivity contribution in [2.45, 2.75) is 0 Å². The molecule has 3 heteroatoms. The van der Waals surface area contributed by atoms with Gasteiger partial charge in [0.25, 0.3) is 0 Å². The van der Waals surface area contributed by atoms with Crippen LogP contribution in [0.4, 0.5) is 0 Å². The molecule has 2 aliphatic rings. The topological polar surface area (TPSA) is 12.0 Å². The monoisotopic (exact) mass is 577 g/mol. The Morgan fingerprint density at radius 1 is 0.523 bits per heavy atom. The molecule has 0 spiro atoms. The number of thiophene rings is 1. The van der Waals surface area contributed by atoms with Gasteiger partial charge in [-0.05, 0) is 90.3 Å². The van der Waals surface area contributed by atoms with E-state index in [4.69, 9.17) is 0 Å². The fourth-order valence-electron chi connectivity index (χ4n) is 7.09. The number of benzene rings is 6. The Morgan fingerprint density at radius 2 is 1.27 bits per heavy atom. The van der Waals surface area contributed by atoms with E-state index in [0.717, 1.165) is 13.8 Å². The SMILES string of the molecule is B1c2ccc(-c3ccc(C4=c5ccccc5=CCN4)cc3-c3ccccc3)cc2-c2ccccc2-c2cc3sccc3cc21. The summed E-state index contributed by atoms with van der Waals surface area (Å²) in [5.74, 6) is 0. The molecule has 3 heterocycles. The zero-order valence-electron chi connectivity index (χ0n) is 24.2. The molecule has 0 saturated carbocycles. The highest BCUT2D eigenvalue weighted by molar-refractivity contribution is 7.17. The van der Waals surface area contributed by atoms with E-state index in [1.165, 1.54) is 87.2 Å². The van der Waals surface area contributed by atoms with Crippen LogP contribution in [0.25, 0.3) is 66.4 Å². The molecule has 0 atom stereocenters. The van der Waals surface area contributed by atoms with E-state index < -0.39 is 0 Å². The molecular formula is C41H28BNS. The molecule has 1 nitrogen and oxygen atoms in total. The quantitative estimate of drug-likeness (QED) is 0.228. The standard InChI is InChI=1S/C41H28BNS/c1-2-8-26(9-3-1)35-23-30(41-32-11-5-4-10-27(32)18-20-43-41)14-16-31(35)28-15-17-38-36(22-28)33-12-6-7-13-34(33)37-25-40-29(19-21-44-40)24-39(37)42-38/h1-19,21-25,42-43H,20H2. The molecule has 206 valence electrons. The highest BCUT2D eigenvalue weighted by Crippen LogP contribution is 2.39. The third-order valence-corrected chi connectivity index (χ3v) is 10.1. The molecule has 2 aliphatic heterocycles. The van der Waals surface area contributed by atoms with Gasteiger partial charge < -0.3 is 5.32 Å². The Bertz CT molecular complexity index is 2370. The minimum absolute atomic E-state index is 0.833. The van der Waals surface area contributed by atoms with Crippen molar-refractivity contribution in [1.82, 2.24) is 5.32 Å². The average Bonchev–Trinajstić information content (AvgIpc) is 3.50. The van der Waals surface area contributed by atoms with Crippen molar-refractivity contribution >= 4 is 51.4 Å². The van der Waals surface area contributed by atoms with Crippen molar-refractivity contribution in [1.29, 1.82) is 0 Å². The predicted molar refractivity (Wildman–Crippen MR) is 191 cm³/mol. The van der Waals surface area contributed by atoms with Gasteiger partial charge in [-0.3, -0.25) is 0 Å². The summed E-state index contributed by atoms with van der Waals surface area (Å²) in [6.07, 6.45) is 2.26. The van der Waals surface area contributed by atoms with Gasteiger partial charge >= 0.3 is 0 Å². The normalized spacial score (nSPS) is 13.0. The summed E-state index contributed by atoms with van der Waals surface area (Å²) in [5, 5.41) is 9.75. The highest BCUT2D eigenvalue weighted by atomic mass is 32.1. The summed E-state index contributed by atoms with van der Waals surface area (Å²) >= 11 is 1.82. The highest BCUT2D eigenvalue weighted by Gasteiger charge is 2.22. The molecular weight excluding hydrogens is 549 g/mol. The van der Waals surface area contributed by atoms with Crippen LogP contribution in [0.5, 0.6) is 0 Å². The largest absolute Gasteiger partial charge is 0.381 e. The first kappa shape index (κ1) is 25.4. The van der Waals surface area contributed by atoms with Crippen LogP contribution >= 0.6 is 11.3 Å². The third kappa shape index (κ3) is 4.16. The predicted octanol–water partition coefficient (Wildman–Crippen LogP) is 6.81. The second-order valence-electron chi connectivity index (χ2n) is 11.7. The molecule has 0 aliphatic carbocycles. The first-order valence-corrected chi connectivity index (χ1v) is 16.1. The lowest BCUT2D eigenvalue weighted by Gasteiger charge is -2.19. The van der Waals surface area contributed by atoms with Gasteiger partial charge in [0.1, 0.15) is 0 Å². The number of rotatable bonds is 3. The number of fused-ring (bicyclic) bond motifs is 7. The van der Waals surface area contributed by atoms with Crippen LogP contribution in [0, 0.1) is 0 Å². The van der Waals surface area contributed by atoms with Crippen molar-refractivity contribution < 1.29 is 0 Å². The minimum atomic E-state index is 0.833. The van der Waals surface area contributed by atoms with Crippen LogP contribution in [0.3, 0.4) is 0 Å². The molecule has 0 amide bonds. The fraction of sp³-hybridized carbons (Fsp3) is 0.0244. The minimum Gasteiger partial charge on any atom is -0.381 e. The van der Waals surface area contributed by atoms with Gasteiger partial charge in [-0.1, -0.05) is 126 Å². The molecule has 0 radical (unpaired) electrons. The lowest BCUT2D eigenvalue weighted by molar-refractivity contribution is 1.01. The molecule has 1 N–H and O–H groups in total. The summed E-state index contributed by atoms with van der Waals surface area (Å²) in [5.41, 5.74) is 15.5. The van der Waals surface area contributed by atoms with Crippen molar-refractivity contribution in [2.24, 2.45) is 0 Å². The smallest absolute Gasteiger partial charge is 0.193 e. The maximum atomic E-state index is 3.67. The van der Waals surface area contributed by atoms with E-state index in [9.17, 15) is 0 Å². The van der Waals surface area contributed by atoms with Crippen LogP contribution < -0.4 is 26.7 Å². The van der Waals surface area contributed by atoms with Crippen LogP contribution in [0.1, 0.15) is 5.56 Å². The van der Waals surface area contributed by atoms with Gasteiger partial charge in [-0.25, -0.2) is 0 Å². The van der Waals surface area contributed by atoms with E-state index in [1.54, 1.807) is 0 Å². The van der Waals surface area contributed by atoms with E-state index >= 15 is 0 Å². The van der Waals surface area contributed by atoms with Gasteiger partial charge in [0, 0.05) is 22.2 Å². The van der Waals surface area contributed by atoms with Crippen molar-refractivity contribution in [3.05, 3.63) is 155 Å². The van der Waals surface area contributed by atoms with Crippen molar-refractivity contribution in [2.75, 3.05) is 6.54 Å². The van der Waals surface area contributed by atoms with E-state index in [1.807, 2.05) is 11.3 Å². The van der Waals surface area contributed by atoms with Gasteiger partial charge in [-0.15, -0.1) is 11.3 Å². The zero-order chi connectivity index (χ0) is 29.0. The number of hydrogen-bond acceptors (Lipinski definition) is 2. The lowest BCUT2D eigenvalue weighted by Crippen LogP contribution is -2.37. The van der Waals surface area contributed by atoms with Gasteiger partial charge in [0.2, 0.25) is 0 Å². The van der Waals surface area contributed by atoms with Crippen molar-refractivity contribution in [3.8, 4) is 44.5 Å². The fourth-order valence-corrected chi connectivity index (χ4v) is 7.90. The Kier molecular flexibility index (Phi) is 5.92. The number of hydrogen-bond donors (Lipinski definition) is 1. The van der Waals surface area contributed by atoms with Gasteiger partial charge in [0.05, 0.1) is 0 Å². The molecule has 44 heavy (non-hydrogen) atoms. The summed E-state index contributed by atoms with van der Waals surface area (Å²) in [6, 6.07) is 49.6. The van der Waals surface area contributed by atoms with E-state index in [0.29, 0.717) is 0 Å².